The third kappa shape index (κ3) is 6.50. The number of pyridine rings is 1. The Kier molecular flexibility index (Phi) is 8.83. The number of methoxy groups -OCH3 is 1. The fourth-order valence-electron chi connectivity index (χ4n) is 4.91. The zero-order chi connectivity index (χ0) is 23.9. The Hall–Kier alpha value is -2.13. The largest absolute Gasteiger partial charge is 0.497 e. The minimum Gasteiger partial charge on any atom is -0.497 e. The van der Waals surface area contributed by atoms with E-state index in [1.807, 2.05) is 36.0 Å². The van der Waals surface area contributed by atoms with Gasteiger partial charge in [-0.1, -0.05) is 6.07 Å². The van der Waals surface area contributed by atoms with Crippen LogP contribution in [0.5, 0.6) is 5.75 Å². The number of rotatable bonds is 11. The molecule has 8 heteroatoms. The van der Waals surface area contributed by atoms with Gasteiger partial charge in [-0.25, -0.2) is 0 Å². The van der Waals surface area contributed by atoms with Gasteiger partial charge in [0.15, 0.2) is 0 Å². The third-order valence-electron chi connectivity index (χ3n) is 6.71. The lowest BCUT2D eigenvalue weighted by atomic mass is 9.79. The first kappa shape index (κ1) is 25.0. The summed E-state index contributed by atoms with van der Waals surface area (Å²) in [6.45, 7) is 2.77. The van der Waals surface area contributed by atoms with E-state index in [4.69, 9.17) is 4.74 Å². The maximum absolute atomic E-state index is 11.6. The summed E-state index contributed by atoms with van der Waals surface area (Å²) in [7, 11) is 1.63. The average Bonchev–Trinajstić information content (AvgIpc) is 3.36. The Morgan fingerprint density at radius 3 is 2.97 bits per heavy atom. The van der Waals surface area contributed by atoms with Crippen molar-refractivity contribution in [2.45, 2.75) is 36.0 Å². The third-order valence-corrected chi connectivity index (χ3v) is 8.82. The molecule has 1 aliphatic rings. The smallest absolute Gasteiger partial charge is 0.303 e. The molecule has 1 aromatic carbocycles. The van der Waals surface area contributed by atoms with Gasteiger partial charge in [0.25, 0.3) is 0 Å². The van der Waals surface area contributed by atoms with E-state index in [1.165, 1.54) is 4.21 Å². The predicted molar refractivity (Wildman–Crippen MR) is 138 cm³/mol. The Bertz CT molecular complexity index is 1080. The van der Waals surface area contributed by atoms with Gasteiger partial charge in [-0.2, -0.15) is 0 Å². The van der Waals surface area contributed by atoms with Crippen LogP contribution in [0.4, 0.5) is 0 Å². The molecule has 182 valence electrons. The lowest BCUT2D eigenvalue weighted by molar-refractivity contribution is -0.139. The van der Waals surface area contributed by atoms with Gasteiger partial charge >= 0.3 is 5.97 Å². The highest BCUT2D eigenvalue weighted by atomic mass is 32.2. The highest BCUT2D eigenvalue weighted by Gasteiger charge is 2.31. The molecule has 3 atom stereocenters. The van der Waals surface area contributed by atoms with E-state index < -0.39 is 12.1 Å². The van der Waals surface area contributed by atoms with E-state index >= 15 is 0 Å². The van der Waals surface area contributed by atoms with E-state index in [0.717, 1.165) is 60.4 Å². The van der Waals surface area contributed by atoms with Crippen LogP contribution in [-0.4, -0.2) is 58.6 Å². The minimum atomic E-state index is -0.738. The molecule has 1 fully saturated rings. The van der Waals surface area contributed by atoms with E-state index in [1.54, 1.807) is 24.6 Å². The molecule has 0 radical (unpaired) electrons. The first-order valence-electron chi connectivity index (χ1n) is 11.7. The molecule has 1 aliphatic heterocycles. The Morgan fingerprint density at radius 2 is 2.21 bits per heavy atom. The Morgan fingerprint density at radius 1 is 1.32 bits per heavy atom. The van der Waals surface area contributed by atoms with Gasteiger partial charge in [0, 0.05) is 36.8 Å². The first-order valence-corrected chi connectivity index (χ1v) is 13.6. The van der Waals surface area contributed by atoms with Crippen molar-refractivity contribution in [3.05, 3.63) is 53.5 Å². The number of aromatic nitrogens is 1. The van der Waals surface area contributed by atoms with Crippen LogP contribution in [0.2, 0.25) is 0 Å². The number of aliphatic carboxylic acids is 1. The van der Waals surface area contributed by atoms with Crippen molar-refractivity contribution in [1.82, 2.24) is 9.88 Å². The number of aliphatic hydroxyl groups is 1. The topological polar surface area (TPSA) is 82.9 Å². The van der Waals surface area contributed by atoms with Crippen molar-refractivity contribution in [2.24, 2.45) is 11.8 Å². The van der Waals surface area contributed by atoms with Crippen molar-refractivity contribution < 1.29 is 19.7 Å². The maximum Gasteiger partial charge on any atom is 0.303 e. The van der Waals surface area contributed by atoms with Crippen LogP contribution >= 0.6 is 23.1 Å². The van der Waals surface area contributed by atoms with Crippen LogP contribution in [0.3, 0.4) is 0 Å². The zero-order valence-corrected chi connectivity index (χ0v) is 21.1. The zero-order valence-electron chi connectivity index (χ0n) is 19.4. The number of fused-ring (bicyclic) bond motifs is 1. The molecule has 3 heterocycles. The number of nitrogens with zero attached hydrogens (tertiary/aromatic N) is 2. The molecule has 0 bridgehead atoms. The van der Waals surface area contributed by atoms with Gasteiger partial charge in [-0.3, -0.25) is 9.78 Å². The molecular formula is C26H32N2O4S2. The number of thiophene rings is 1. The number of ether oxygens (including phenoxy) is 1. The molecule has 3 aromatic rings. The van der Waals surface area contributed by atoms with Gasteiger partial charge in [-0.15, -0.1) is 23.1 Å². The SMILES string of the molecule is COc1ccc2nccc([C@H](O)CC[C@@H]3CCN(CCSc4cccs4)C[C@@H]3CC(=O)O)c2c1. The van der Waals surface area contributed by atoms with Crippen molar-refractivity contribution in [1.29, 1.82) is 0 Å². The first-order chi connectivity index (χ1) is 16.5. The highest BCUT2D eigenvalue weighted by Crippen LogP contribution is 2.35. The number of hydrogen-bond donors (Lipinski definition) is 2. The number of thioether (sulfide) groups is 1. The molecule has 0 saturated carbocycles. The molecule has 34 heavy (non-hydrogen) atoms. The van der Waals surface area contributed by atoms with Gasteiger partial charge in [0.2, 0.25) is 0 Å². The van der Waals surface area contributed by atoms with Crippen molar-refractivity contribution >= 4 is 40.0 Å². The van der Waals surface area contributed by atoms with Gasteiger partial charge in [0.05, 0.1) is 22.9 Å². The maximum atomic E-state index is 11.6. The summed E-state index contributed by atoms with van der Waals surface area (Å²) in [5.74, 6) is 1.43. The van der Waals surface area contributed by atoms with Crippen LogP contribution in [0.15, 0.2) is 52.2 Å². The number of carboxylic acids is 1. The predicted octanol–water partition coefficient (Wildman–Crippen LogP) is 5.32. The summed E-state index contributed by atoms with van der Waals surface area (Å²) in [5.41, 5.74) is 1.68. The second kappa shape index (κ2) is 12.0. The number of likely N-dealkylation sites (tertiary alicyclic amines) is 1. The summed E-state index contributed by atoms with van der Waals surface area (Å²) in [5, 5.41) is 23.5. The highest BCUT2D eigenvalue weighted by molar-refractivity contribution is 8.01. The number of hydrogen-bond acceptors (Lipinski definition) is 7. The standard InChI is InChI=1S/C26H32N2O4S2/c1-32-20-5-6-23-22(16-20)21(8-10-27-23)24(29)7-4-18-9-11-28(17-19(18)15-25(30)31)12-14-34-26-3-2-13-33-26/h2-3,5-6,8,10,13,16,18-19,24,29H,4,7,9,11-12,14-15,17H2,1H3,(H,30,31)/t18-,19+,24-/m1/s1. The van der Waals surface area contributed by atoms with Crippen LogP contribution < -0.4 is 4.74 Å². The Labute approximate surface area is 209 Å². The summed E-state index contributed by atoms with van der Waals surface area (Å²) in [6, 6.07) is 11.8. The lowest BCUT2D eigenvalue weighted by Crippen LogP contribution is -2.42. The molecule has 2 aromatic heterocycles. The fourth-order valence-corrected chi connectivity index (χ4v) is 6.77. The van der Waals surface area contributed by atoms with Gasteiger partial charge in [0.1, 0.15) is 5.75 Å². The van der Waals surface area contributed by atoms with Crippen molar-refractivity contribution in [3.63, 3.8) is 0 Å². The molecule has 0 spiro atoms. The molecule has 1 saturated heterocycles. The number of carbonyl (C=O) groups is 1. The summed E-state index contributed by atoms with van der Waals surface area (Å²) >= 11 is 3.63. The molecule has 2 N–H and O–H groups in total. The van der Waals surface area contributed by atoms with E-state index in [2.05, 4.69) is 27.4 Å². The molecule has 0 aliphatic carbocycles. The van der Waals surface area contributed by atoms with Gasteiger partial charge in [-0.05, 0) is 78.9 Å². The van der Waals surface area contributed by atoms with E-state index in [9.17, 15) is 15.0 Å². The average molecular weight is 501 g/mol. The lowest BCUT2D eigenvalue weighted by Gasteiger charge is -2.38. The molecule has 4 rings (SSSR count). The molecule has 0 amide bonds. The summed E-state index contributed by atoms with van der Waals surface area (Å²) in [4.78, 5) is 18.4. The molecule has 6 nitrogen and oxygen atoms in total. The minimum absolute atomic E-state index is 0.111. The second-order valence-corrected chi connectivity index (χ2v) is 11.2. The monoisotopic (exact) mass is 500 g/mol. The number of piperidine rings is 1. The van der Waals surface area contributed by atoms with Crippen LogP contribution in [-0.2, 0) is 4.79 Å². The number of benzene rings is 1. The fraction of sp³-hybridized carbons (Fsp3) is 0.462. The summed E-state index contributed by atoms with van der Waals surface area (Å²) in [6.07, 6.45) is 3.68. The van der Waals surface area contributed by atoms with Crippen LogP contribution in [0.1, 0.15) is 37.4 Å². The second-order valence-electron chi connectivity index (χ2n) is 8.86. The molecular weight excluding hydrogens is 468 g/mol. The van der Waals surface area contributed by atoms with E-state index in [0.29, 0.717) is 12.3 Å². The van der Waals surface area contributed by atoms with Crippen LogP contribution in [0, 0.1) is 11.8 Å². The van der Waals surface area contributed by atoms with Crippen molar-refractivity contribution in [3.8, 4) is 5.75 Å². The normalized spacial score (nSPS) is 19.8. The summed E-state index contributed by atoms with van der Waals surface area (Å²) < 4.78 is 6.68. The Balaban J connectivity index is 1.35. The number of aliphatic hydroxyl groups excluding tert-OH is 1. The van der Waals surface area contributed by atoms with Crippen molar-refractivity contribution in [2.75, 3.05) is 32.5 Å². The van der Waals surface area contributed by atoms with Crippen LogP contribution in [0.25, 0.3) is 10.9 Å². The quantitative estimate of drug-likeness (QED) is 0.345. The van der Waals surface area contributed by atoms with Gasteiger partial charge < -0.3 is 19.8 Å². The number of carboxylic acid groups (broad SMARTS) is 1. The van der Waals surface area contributed by atoms with E-state index in [-0.39, 0.29) is 12.3 Å². The molecule has 0 unspecified atom stereocenters.